The maximum Gasteiger partial charge on any atom is 0.274 e. The summed E-state index contributed by atoms with van der Waals surface area (Å²) < 4.78 is 5.01. The first-order valence-electron chi connectivity index (χ1n) is 7.66. The lowest BCUT2D eigenvalue weighted by Gasteiger charge is -2.11. The van der Waals surface area contributed by atoms with Crippen molar-refractivity contribution in [3.63, 3.8) is 0 Å². The van der Waals surface area contributed by atoms with E-state index >= 15 is 0 Å². The molecule has 0 atom stereocenters. The maximum absolute atomic E-state index is 12.5. The summed E-state index contributed by atoms with van der Waals surface area (Å²) in [6.45, 7) is 4.98. The summed E-state index contributed by atoms with van der Waals surface area (Å²) in [4.78, 5) is 21.0. The molecule has 1 amide bonds. The second-order valence-corrected chi connectivity index (χ2v) is 5.73. The third kappa shape index (κ3) is 4.91. The summed E-state index contributed by atoms with van der Waals surface area (Å²) in [5, 5.41) is 6.61. The molecule has 0 bridgehead atoms. The average molecular weight is 349 g/mol. The van der Waals surface area contributed by atoms with Crippen LogP contribution in [0.3, 0.4) is 0 Å². The molecule has 1 aromatic carbocycles. The van der Waals surface area contributed by atoms with Gasteiger partial charge in [-0.15, -0.1) is 0 Å². The van der Waals surface area contributed by atoms with Gasteiger partial charge in [0, 0.05) is 37.0 Å². The van der Waals surface area contributed by atoms with Crippen LogP contribution < -0.4 is 10.6 Å². The van der Waals surface area contributed by atoms with E-state index < -0.39 is 0 Å². The minimum Gasteiger partial charge on any atom is -0.385 e. The molecule has 7 heteroatoms. The van der Waals surface area contributed by atoms with Gasteiger partial charge in [-0.3, -0.25) is 4.79 Å². The number of methoxy groups -OCH3 is 1. The molecule has 6 nitrogen and oxygen atoms in total. The molecule has 128 valence electrons. The van der Waals surface area contributed by atoms with Crippen molar-refractivity contribution in [2.75, 3.05) is 30.9 Å². The van der Waals surface area contributed by atoms with Crippen molar-refractivity contribution < 1.29 is 9.53 Å². The van der Waals surface area contributed by atoms with E-state index in [9.17, 15) is 4.79 Å². The Balaban J connectivity index is 2.11. The molecular formula is C17H21ClN4O2. The van der Waals surface area contributed by atoms with Gasteiger partial charge in [0.1, 0.15) is 17.3 Å². The molecule has 0 aliphatic carbocycles. The van der Waals surface area contributed by atoms with E-state index in [4.69, 9.17) is 16.3 Å². The van der Waals surface area contributed by atoms with Crippen LogP contribution in [0.5, 0.6) is 0 Å². The second-order valence-electron chi connectivity index (χ2n) is 5.33. The first-order chi connectivity index (χ1) is 11.5. The van der Waals surface area contributed by atoms with E-state index in [1.54, 1.807) is 38.3 Å². The highest BCUT2D eigenvalue weighted by Gasteiger charge is 2.12. The van der Waals surface area contributed by atoms with Gasteiger partial charge in [0.15, 0.2) is 0 Å². The fourth-order valence-corrected chi connectivity index (χ4v) is 2.31. The van der Waals surface area contributed by atoms with Crippen LogP contribution in [0, 0.1) is 13.8 Å². The van der Waals surface area contributed by atoms with Crippen LogP contribution in [0.4, 0.5) is 11.5 Å². The number of nitrogens with zero attached hydrogens (tertiary/aromatic N) is 2. The van der Waals surface area contributed by atoms with E-state index in [-0.39, 0.29) is 5.91 Å². The summed E-state index contributed by atoms with van der Waals surface area (Å²) in [5.41, 5.74) is 1.78. The molecule has 0 spiro atoms. The number of nitrogens with one attached hydrogen (secondary N) is 2. The van der Waals surface area contributed by atoms with Crippen molar-refractivity contribution in [1.29, 1.82) is 0 Å². The smallest absolute Gasteiger partial charge is 0.274 e. The molecule has 2 N–H and O–H groups in total. The number of hydrogen-bond acceptors (Lipinski definition) is 5. The third-order valence-corrected chi connectivity index (χ3v) is 3.83. The standard InChI is InChI=1S/C17H21ClN4O2/c1-11-13(18)6-4-7-14(11)22-17(23)15-10-16(21-12(2)20-15)19-8-5-9-24-3/h4,6-7,10H,5,8-9H2,1-3H3,(H,22,23)(H,19,20,21). The van der Waals surface area contributed by atoms with Gasteiger partial charge in [-0.05, 0) is 38.0 Å². The van der Waals surface area contributed by atoms with Crippen LogP contribution in [0.25, 0.3) is 0 Å². The Hall–Kier alpha value is -2.18. The normalized spacial score (nSPS) is 10.5. The predicted octanol–water partition coefficient (Wildman–Crippen LogP) is 3.45. The van der Waals surface area contributed by atoms with Gasteiger partial charge in [0.05, 0.1) is 0 Å². The summed E-state index contributed by atoms with van der Waals surface area (Å²) in [6.07, 6.45) is 0.850. The molecule has 0 saturated carbocycles. The molecule has 1 aromatic heterocycles. The summed E-state index contributed by atoms with van der Waals surface area (Å²) in [7, 11) is 1.66. The largest absolute Gasteiger partial charge is 0.385 e. The zero-order chi connectivity index (χ0) is 17.5. The number of anilines is 2. The number of benzene rings is 1. The summed E-state index contributed by atoms with van der Waals surface area (Å²) in [6, 6.07) is 7.01. The highest BCUT2D eigenvalue weighted by molar-refractivity contribution is 6.31. The number of halogens is 1. The minimum atomic E-state index is -0.300. The zero-order valence-corrected chi connectivity index (χ0v) is 14.8. The van der Waals surface area contributed by atoms with Crippen molar-refractivity contribution in [2.45, 2.75) is 20.3 Å². The van der Waals surface area contributed by atoms with E-state index in [0.717, 1.165) is 12.0 Å². The topological polar surface area (TPSA) is 76.1 Å². The summed E-state index contributed by atoms with van der Waals surface area (Å²) >= 11 is 6.08. The molecule has 2 aromatic rings. The van der Waals surface area contributed by atoms with Gasteiger partial charge in [-0.1, -0.05) is 17.7 Å². The SMILES string of the molecule is COCCCNc1cc(C(=O)Nc2cccc(Cl)c2C)nc(C)n1. The number of aryl methyl sites for hydroxylation is 1. The Morgan fingerprint density at radius 1 is 1.29 bits per heavy atom. The van der Waals surface area contributed by atoms with Gasteiger partial charge in [-0.25, -0.2) is 9.97 Å². The minimum absolute atomic E-state index is 0.300. The Morgan fingerprint density at radius 2 is 2.08 bits per heavy atom. The predicted molar refractivity (Wildman–Crippen MR) is 95.9 cm³/mol. The number of carbonyl (C=O) groups excluding carboxylic acids is 1. The first kappa shape index (κ1) is 18.2. The van der Waals surface area contributed by atoms with Gasteiger partial charge in [0.2, 0.25) is 0 Å². The van der Waals surface area contributed by atoms with Crippen molar-refractivity contribution >= 4 is 29.0 Å². The number of hydrogen-bond donors (Lipinski definition) is 2. The molecule has 2 rings (SSSR count). The van der Waals surface area contributed by atoms with E-state index in [0.29, 0.717) is 41.2 Å². The Morgan fingerprint density at radius 3 is 2.83 bits per heavy atom. The molecule has 0 aliphatic heterocycles. The number of carbonyl (C=O) groups is 1. The van der Waals surface area contributed by atoms with Gasteiger partial charge >= 0.3 is 0 Å². The molecule has 0 aliphatic rings. The zero-order valence-electron chi connectivity index (χ0n) is 14.0. The Bertz CT molecular complexity index is 722. The van der Waals surface area contributed by atoms with Crippen LogP contribution in [0.1, 0.15) is 28.3 Å². The molecule has 0 saturated heterocycles. The van der Waals surface area contributed by atoms with E-state index in [1.165, 1.54) is 0 Å². The lowest BCUT2D eigenvalue weighted by atomic mass is 10.2. The fourth-order valence-electron chi connectivity index (χ4n) is 2.14. The van der Waals surface area contributed by atoms with E-state index in [2.05, 4.69) is 20.6 Å². The van der Waals surface area contributed by atoms with Gasteiger partial charge in [-0.2, -0.15) is 0 Å². The average Bonchev–Trinajstić information content (AvgIpc) is 2.55. The first-order valence-corrected chi connectivity index (χ1v) is 8.04. The van der Waals surface area contributed by atoms with Gasteiger partial charge in [0.25, 0.3) is 5.91 Å². The van der Waals surface area contributed by atoms with Crippen LogP contribution in [0.2, 0.25) is 5.02 Å². The number of amides is 1. The van der Waals surface area contributed by atoms with Crippen molar-refractivity contribution in [2.24, 2.45) is 0 Å². The molecule has 1 heterocycles. The molecule has 0 unspecified atom stereocenters. The highest BCUT2D eigenvalue weighted by Crippen LogP contribution is 2.23. The summed E-state index contributed by atoms with van der Waals surface area (Å²) in [5.74, 6) is 0.845. The molecule has 0 fully saturated rings. The van der Waals surface area contributed by atoms with Crippen LogP contribution in [-0.4, -0.2) is 36.1 Å². The number of ether oxygens (including phenoxy) is 1. The van der Waals surface area contributed by atoms with Crippen LogP contribution in [0.15, 0.2) is 24.3 Å². The Labute approximate surface area is 146 Å². The van der Waals surface area contributed by atoms with Crippen molar-refractivity contribution in [1.82, 2.24) is 9.97 Å². The lowest BCUT2D eigenvalue weighted by Crippen LogP contribution is -2.17. The van der Waals surface area contributed by atoms with E-state index in [1.807, 2.05) is 6.92 Å². The number of aromatic nitrogens is 2. The maximum atomic E-state index is 12.5. The molecular weight excluding hydrogens is 328 g/mol. The number of rotatable bonds is 7. The third-order valence-electron chi connectivity index (χ3n) is 3.42. The van der Waals surface area contributed by atoms with Crippen molar-refractivity contribution in [3.05, 3.63) is 46.4 Å². The van der Waals surface area contributed by atoms with Gasteiger partial charge < -0.3 is 15.4 Å². The monoisotopic (exact) mass is 348 g/mol. The quantitative estimate of drug-likeness (QED) is 0.749. The Kier molecular flexibility index (Phi) is 6.52. The van der Waals surface area contributed by atoms with Crippen molar-refractivity contribution in [3.8, 4) is 0 Å². The fraction of sp³-hybridized carbons (Fsp3) is 0.353. The van der Waals surface area contributed by atoms with Crippen LogP contribution in [-0.2, 0) is 4.74 Å². The van der Waals surface area contributed by atoms with Crippen LogP contribution >= 0.6 is 11.6 Å². The molecule has 24 heavy (non-hydrogen) atoms. The lowest BCUT2D eigenvalue weighted by molar-refractivity contribution is 0.102. The molecule has 0 radical (unpaired) electrons. The highest BCUT2D eigenvalue weighted by atomic mass is 35.5. The second kappa shape index (κ2) is 8.61.